The molecule has 0 unspecified atom stereocenters. The van der Waals surface area contributed by atoms with E-state index < -0.39 is 0 Å². The molecular weight excluding hydrogens is 354 g/mol. The van der Waals surface area contributed by atoms with Crippen LogP contribution in [-0.4, -0.2) is 15.1 Å². The number of fused-ring (bicyclic) bond motifs is 1. The second-order valence-electron chi connectivity index (χ2n) is 5.60. The minimum Gasteiger partial charge on any atom is -0.508 e. The highest BCUT2D eigenvalue weighted by atomic mass is 35.5. The second kappa shape index (κ2) is 6.35. The number of hydrogen-bond acceptors (Lipinski definition) is 5. The Bertz CT molecular complexity index is 1060. The quantitative estimate of drug-likeness (QED) is 0.451. The molecule has 0 atom stereocenters. The number of nitrogens with zero attached hydrogens (tertiary/aromatic N) is 2. The van der Waals surface area contributed by atoms with E-state index in [4.69, 9.17) is 11.6 Å². The molecule has 0 amide bonds. The van der Waals surface area contributed by atoms with Gasteiger partial charge in [0.2, 0.25) is 5.28 Å². The Balaban J connectivity index is 1.94. The molecule has 0 aliphatic rings. The monoisotopic (exact) mass is 367 g/mol. The zero-order valence-electron chi connectivity index (χ0n) is 13.3. The van der Waals surface area contributed by atoms with Gasteiger partial charge < -0.3 is 10.4 Å². The molecule has 4 aromatic rings. The molecule has 4 nitrogen and oxygen atoms in total. The molecule has 0 saturated heterocycles. The Hall–Kier alpha value is -2.63. The first-order chi connectivity index (χ1) is 12.1. The Labute approximate surface area is 153 Å². The molecule has 0 bridgehead atoms. The van der Waals surface area contributed by atoms with Crippen molar-refractivity contribution in [3.8, 4) is 16.9 Å². The first-order valence-electron chi connectivity index (χ1n) is 7.70. The van der Waals surface area contributed by atoms with Crippen LogP contribution in [0.1, 0.15) is 4.88 Å². The lowest BCUT2D eigenvalue weighted by Crippen LogP contribution is -1.96. The third kappa shape index (κ3) is 3.04. The van der Waals surface area contributed by atoms with Gasteiger partial charge in [-0.2, -0.15) is 4.98 Å². The van der Waals surface area contributed by atoms with Gasteiger partial charge in [0.25, 0.3) is 0 Å². The van der Waals surface area contributed by atoms with Crippen molar-refractivity contribution in [1.29, 1.82) is 0 Å². The highest BCUT2D eigenvalue weighted by molar-refractivity contribution is 7.19. The predicted octanol–water partition coefficient (Wildman–Crippen LogP) is 5.77. The maximum absolute atomic E-state index is 9.70. The Morgan fingerprint density at radius 1 is 1.04 bits per heavy atom. The van der Waals surface area contributed by atoms with Gasteiger partial charge in [0.05, 0.1) is 5.39 Å². The number of hydrogen-bond donors (Lipinski definition) is 2. The lowest BCUT2D eigenvalue weighted by atomic mass is 10.0. The van der Waals surface area contributed by atoms with Crippen molar-refractivity contribution < 1.29 is 5.11 Å². The summed E-state index contributed by atoms with van der Waals surface area (Å²) in [5.74, 6) is 0.815. The maximum atomic E-state index is 9.70. The smallest absolute Gasteiger partial charge is 0.225 e. The summed E-state index contributed by atoms with van der Waals surface area (Å²) in [6, 6.07) is 17.1. The van der Waals surface area contributed by atoms with Crippen molar-refractivity contribution in [3.63, 3.8) is 0 Å². The van der Waals surface area contributed by atoms with Crippen LogP contribution >= 0.6 is 22.9 Å². The number of phenols is 1. The fraction of sp³-hybridized carbons (Fsp3) is 0.0526. The zero-order chi connectivity index (χ0) is 17.4. The topological polar surface area (TPSA) is 58.0 Å². The van der Waals surface area contributed by atoms with Gasteiger partial charge in [-0.1, -0.05) is 36.4 Å². The molecule has 2 N–H and O–H groups in total. The van der Waals surface area contributed by atoms with Gasteiger partial charge in [-0.25, -0.2) is 4.98 Å². The van der Waals surface area contributed by atoms with E-state index in [0.29, 0.717) is 5.82 Å². The number of nitrogens with one attached hydrogen (secondary N) is 1. The number of aromatic nitrogens is 2. The van der Waals surface area contributed by atoms with Crippen LogP contribution in [-0.2, 0) is 0 Å². The van der Waals surface area contributed by atoms with Crippen LogP contribution in [0.25, 0.3) is 21.3 Å². The summed E-state index contributed by atoms with van der Waals surface area (Å²) in [4.78, 5) is 10.8. The van der Waals surface area contributed by atoms with E-state index in [1.54, 1.807) is 29.5 Å². The standard InChI is InChI=1S/C19H14ClN3OS/c1-11-15(12-6-3-2-4-7-12)16-17(22-19(20)23-18(16)25-11)21-13-8-5-9-14(24)10-13/h2-10,24H,1H3,(H,21,22,23). The number of benzene rings is 2. The molecule has 2 aromatic carbocycles. The molecule has 0 aliphatic heterocycles. The third-order valence-corrected chi connectivity index (χ3v) is 5.04. The Morgan fingerprint density at radius 3 is 2.60 bits per heavy atom. The third-order valence-electron chi connectivity index (χ3n) is 3.87. The normalized spacial score (nSPS) is 11.0. The zero-order valence-corrected chi connectivity index (χ0v) is 14.9. The molecule has 2 aromatic heterocycles. The van der Waals surface area contributed by atoms with Crippen molar-refractivity contribution >= 4 is 44.7 Å². The van der Waals surface area contributed by atoms with Crippen molar-refractivity contribution in [2.45, 2.75) is 6.92 Å². The summed E-state index contributed by atoms with van der Waals surface area (Å²) in [6.45, 7) is 2.07. The van der Waals surface area contributed by atoms with E-state index in [-0.39, 0.29) is 11.0 Å². The molecule has 6 heteroatoms. The van der Waals surface area contributed by atoms with E-state index >= 15 is 0 Å². The molecule has 2 heterocycles. The van der Waals surface area contributed by atoms with E-state index in [0.717, 1.165) is 31.9 Å². The average molecular weight is 368 g/mol. The number of anilines is 2. The van der Waals surface area contributed by atoms with Gasteiger partial charge in [0, 0.05) is 22.2 Å². The molecule has 0 aliphatic carbocycles. The number of aryl methyl sites for hydroxylation is 1. The Kier molecular flexibility index (Phi) is 4.03. The van der Waals surface area contributed by atoms with E-state index in [9.17, 15) is 5.11 Å². The van der Waals surface area contributed by atoms with Crippen LogP contribution < -0.4 is 5.32 Å². The summed E-state index contributed by atoms with van der Waals surface area (Å²) >= 11 is 7.71. The van der Waals surface area contributed by atoms with Crippen molar-refractivity contribution in [2.75, 3.05) is 5.32 Å². The van der Waals surface area contributed by atoms with Crippen molar-refractivity contribution in [2.24, 2.45) is 0 Å². The molecule has 0 radical (unpaired) electrons. The SMILES string of the molecule is Cc1sc2nc(Cl)nc(Nc3cccc(O)c3)c2c1-c1ccccc1. The summed E-state index contributed by atoms with van der Waals surface area (Å²) in [6.07, 6.45) is 0. The molecule has 124 valence electrons. The first kappa shape index (κ1) is 15.9. The van der Waals surface area contributed by atoms with Gasteiger partial charge in [-0.05, 0) is 36.2 Å². The van der Waals surface area contributed by atoms with Crippen LogP contribution in [0.3, 0.4) is 0 Å². The van der Waals surface area contributed by atoms with Crippen molar-refractivity contribution in [3.05, 3.63) is 64.8 Å². The summed E-state index contributed by atoms with van der Waals surface area (Å²) in [5, 5.41) is 14.1. The second-order valence-corrected chi connectivity index (χ2v) is 7.14. The number of thiophene rings is 1. The molecule has 4 rings (SSSR count). The maximum Gasteiger partial charge on any atom is 0.225 e. The van der Waals surface area contributed by atoms with E-state index in [1.165, 1.54) is 0 Å². The fourth-order valence-electron chi connectivity index (χ4n) is 2.85. The highest BCUT2D eigenvalue weighted by Gasteiger charge is 2.18. The highest BCUT2D eigenvalue weighted by Crippen LogP contribution is 2.41. The molecular formula is C19H14ClN3OS. The summed E-state index contributed by atoms with van der Waals surface area (Å²) in [7, 11) is 0. The predicted molar refractivity (Wildman–Crippen MR) is 104 cm³/mol. The molecule has 0 fully saturated rings. The number of halogens is 1. The fourth-order valence-corrected chi connectivity index (χ4v) is 4.11. The van der Waals surface area contributed by atoms with Gasteiger partial charge in [0.1, 0.15) is 16.4 Å². The van der Waals surface area contributed by atoms with Gasteiger partial charge >= 0.3 is 0 Å². The van der Waals surface area contributed by atoms with Gasteiger partial charge in [0.15, 0.2) is 0 Å². The van der Waals surface area contributed by atoms with Crippen LogP contribution in [0.15, 0.2) is 54.6 Å². The Morgan fingerprint density at radius 2 is 1.84 bits per heavy atom. The van der Waals surface area contributed by atoms with E-state index in [1.807, 2.05) is 24.3 Å². The molecule has 0 spiro atoms. The summed E-state index contributed by atoms with van der Waals surface area (Å²) < 4.78 is 0. The lowest BCUT2D eigenvalue weighted by Gasteiger charge is -2.10. The lowest BCUT2D eigenvalue weighted by molar-refractivity contribution is 0.475. The number of rotatable bonds is 3. The van der Waals surface area contributed by atoms with Gasteiger partial charge in [-0.3, -0.25) is 0 Å². The van der Waals surface area contributed by atoms with E-state index in [2.05, 4.69) is 34.3 Å². The summed E-state index contributed by atoms with van der Waals surface area (Å²) in [5.41, 5.74) is 2.94. The van der Waals surface area contributed by atoms with Crippen LogP contribution in [0, 0.1) is 6.92 Å². The van der Waals surface area contributed by atoms with Crippen molar-refractivity contribution in [1.82, 2.24) is 9.97 Å². The largest absolute Gasteiger partial charge is 0.508 e. The molecule has 0 saturated carbocycles. The van der Waals surface area contributed by atoms with Gasteiger partial charge in [-0.15, -0.1) is 11.3 Å². The van der Waals surface area contributed by atoms with Crippen LogP contribution in [0.2, 0.25) is 5.28 Å². The van der Waals surface area contributed by atoms with Crippen LogP contribution in [0.5, 0.6) is 5.75 Å². The first-order valence-corrected chi connectivity index (χ1v) is 8.89. The number of phenolic OH excluding ortho intramolecular Hbond substituents is 1. The number of aromatic hydroxyl groups is 1. The average Bonchev–Trinajstić information content (AvgIpc) is 2.91. The molecule has 25 heavy (non-hydrogen) atoms. The minimum absolute atomic E-state index is 0.186. The minimum atomic E-state index is 0.186. The van der Waals surface area contributed by atoms with Crippen LogP contribution in [0.4, 0.5) is 11.5 Å².